The Kier molecular flexibility index (Phi) is 5.55. The Morgan fingerprint density at radius 2 is 2.00 bits per heavy atom. The van der Waals surface area contributed by atoms with Crippen LogP contribution >= 0.6 is 0 Å². The number of carbonyl (C=O) groups is 1. The summed E-state index contributed by atoms with van der Waals surface area (Å²) < 4.78 is 33.1. The third-order valence-corrected chi connectivity index (χ3v) is 4.60. The third kappa shape index (κ3) is 4.27. The van der Waals surface area contributed by atoms with E-state index in [1.165, 1.54) is 14.2 Å². The van der Waals surface area contributed by atoms with E-state index < -0.39 is 9.84 Å². The van der Waals surface area contributed by atoms with Crippen molar-refractivity contribution >= 4 is 15.8 Å². The summed E-state index contributed by atoms with van der Waals surface area (Å²) in [6.07, 6.45) is 4.51. The highest BCUT2D eigenvalue weighted by Crippen LogP contribution is 2.25. The lowest BCUT2D eigenvalue weighted by atomic mass is 10.0. The van der Waals surface area contributed by atoms with Gasteiger partial charge < -0.3 is 9.47 Å². The number of ether oxygens (including phenoxy) is 2. The van der Waals surface area contributed by atoms with Crippen LogP contribution in [0.2, 0.25) is 0 Å². The lowest BCUT2D eigenvalue weighted by molar-refractivity contribution is -0.139. The molecule has 102 valence electrons. The Morgan fingerprint density at radius 3 is 2.50 bits per heavy atom. The summed E-state index contributed by atoms with van der Waals surface area (Å²) in [5.41, 5.74) is 0.896. The van der Waals surface area contributed by atoms with Gasteiger partial charge in [-0.3, -0.25) is 4.79 Å². The molecule has 0 aromatic heterocycles. The number of esters is 1. The third-order valence-electron chi connectivity index (χ3n) is 2.75. The molecule has 0 aromatic carbocycles. The second-order valence-corrected chi connectivity index (χ2v) is 6.18. The van der Waals surface area contributed by atoms with Gasteiger partial charge in [0.25, 0.3) is 0 Å². The number of sulfone groups is 1. The van der Waals surface area contributed by atoms with Crippen LogP contribution in [-0.2, 0) is 24.1 Å². The number of allylic oxidation sites excluding steroid dienone is 3. The average Bonchev–Trinajstić information content (AvgIpc) is 2.37. The van der Waals surface area contributed by atoms with E-state index in [-0.39, 0.29) is 24.7 Å². The summed E-state index contributed by atoms with van der Waals surface area (Å²) in [6.45, 7) is 0.193. The van der Waals surface area contributed by atoms with Gasteiger partial charge in [-0.25, -0.2) is 8.42 Å². The van der Waals surface area contributed by atoms with Gasteiger partial charge in [-0.05, 0) is 18.9 Å². The van der Waals surface area contributed by atoms with Crippen molar-refractivity contribution in [3.63, 3.8) is 0 Å². The van der Waals surface area contributed by atoms with E-state index in [0.717, 1.165) is 5.57 Å². The molecule has 0 amide bonds. The van der Waals surface area contributed by atoms with Crippen molar-refractivity contribution in [3.8, 4) is 0 Å². The largest absolute Gasteiger partial charge is 0.469 e. The topological polar surface area (TPSA) is 69.7 Å². The molecule has 5 nitrogen and oxygen atoms in total. The molecule has 0 saturated heterocycles. The molecule has 1 aliphatic carbocycles. The van der Waals surface area contributed by atoms with Crippen LogP contribution in [-0.4, -0.2) is 41.0 Å². The molecule has 1 rings (SSSR count). The van der Waals surface area contributed by atoms with Gasteiger partial charge in [0.2, 0.25) is 0 Å². The smallest absolute Gasteiger partial charge is 0.309 e. The number of hydrogen-bond acceptors (Lipinski definition) is 5. The second-order valence-electron chi connectivity index (χ2n) is 4.02. The van der Waals surface area contributed by atoms with Crippen LogP contribution < -0.4 is 0 Å². The molecule has 1 aliphatic rings. The maximum absolute atomic E-state index is 11.9. The predicted octanol–water partition coefficient (Wildman–Crippen LogP) is 1.21. The molecule has 0 radical (unpaired) electrons. The molecule has 0 bridgehead atoms. The molecule has 6 heteroatoms. The van der Waals surface area contributed by atoms with Gasteiger partial charge in [-0.2, -0.15) is 0 Å². The molecule has 0 unspecified atom stereocenters. The van der Waals surface area contributed by atoms with Gasteiger partial charge in [0.1, 0.15) is 0 Å². The van der Waals surface area contributed by atoms with Crippen LogP contribution in [0, 0.1) is 0 Å². The first kappa shape index (κ1) is 14.9. The summed E-state index contributed by atoms with van der Waals surface area (Å²) in [7, 11) is -0.421. The lowest BCUT2D eigenvalue weighted by Gasteiger charge is -2.14. The van der Waals surface area contributed by atoms with Gasteiger partial charge in [-0.15, -0.1) is 0 Å². The minimum Gasteiger partial charge on any atom is -0.469 e. The van der Waals surface area contributed by atoms with Crippen LogP contribution in [0.3, 0.4) is 0 Å². The Labute approximate surface area is 107 Å². The summed E-state index contributed by atoms with van der Waals surface area (Å²) in [5, 5.41) is 0. The van der Waals surface area contributed by atoms with Crippen molar-refractivity contribution < 1.29 is 22.7 Å². The van der Waals surface area contributed by atoms with Crippen molar-refractivity contribution in [2.45, 2.75) is 19.3 Å². The number of hydrogen-bond donors (Lipinski definition) is 0. The summed E-state index contributed by atoms with van der Waals surface area (Å²) >= 11 is 0. The van der Waals surface area contributed by atoms with Crippen LogP contribution in [0.1, 0.15) is 19.3 Å². The molecule has 0 atom stereocenters. The van der Waals surface area contributed by atoms with Gasteiger partial charge in [0.15, 0.2) is 9.84 Å². The summed E-state index contributed by atoms with van der Waals surface area (Å²) in [4.78, 5) is 11.5. The molecule has 0 aromatic rings. The zero-order valence-corrected chi connectivity index (χ0v) is 11.5. The van der Waals surface area contributed by atoms with Crippen LogP contribution in [0.25, 0.3) is 0 Å². The van der Waals surface area contributed by atoms with Crippen LogP contribution in [0.5, 0.6) is 0 Å². The molecule has 0 saturated carbocycles. The van der Waals surface area contributed by atoms with Gasteiger partial charge in [0, 0.05) is 12.0 Å². The van der Waals surface area contributed by atoms with Crippen molar-refractivity contribution in [3.05, 3.63) is 22.6 Å². The molecule has 18 heavy (non-hydrogen) atoms. The Hall–Kier alpha value is -1.14. The molecular formula is C12H18O5S. The van der Waals surface area contributed by atoms with Crippen molar-refractivity contribution in [1.82, 2.24) is 0 Å². The summed E-state index contributed by atoms with van der Waals surface area (Å²) in [5.74, 6) is -0.310. The van der Waals surface area contributed by atoms with E-state index in [0.29, 0.717) is 17.7 Å². The first-order chi connectivity index (χ1) is 8.49. The van der Waals surface area contributed by atoms with Crippen molar-refractivity contribution in [2.75, 3.05) is 26.6 Å². The lowest BCUT2D eigenvalue weighted by Crippen LogP contribution is -2.15. The zero-order valence-electron chi connectivity index (χ0n) is 10.6. The fraction of sp³-hybridized carbons (Fsp3) is 0.583. The van der Waals surface area contributed by atoms with E-state index in [1.54, 1.807) is 12.2 Å². The first-order valence-electron chi connectivity index (χ1n) is 5.66. The monoisotopic (exact) mass is 274 g/mol. The highest BCUT2D eigenvalue weighted by atomic mass is 32.2. The van der Waals surface area contributed by atoms with E-state index >= 15 is 0 Å². The van der Waals surface area contributed by atoms with E-state index in [4.69, 9.17) is 4.74 Å². The van der Waals surface area contributed by atoms with Gasteiger partial charge in [0.05, 0.1) is 25.9 Å². The van der Waals surface area contributed by atoms with Crippen LogP contribution in [0.15, 0.2) is 22.6 Å². The van der Waals surface area contributed by atoms with E-state index in [2.05, 4.69) is 4.74 Å². The maximum Gasteiger partial charge on any atom is 0.309 e. The second kappa shape index (κ2) is 6.70. The Balaban J connectivity index is 2.70. The van der Waals surface area contributed by atoms with E-state index in [1.807, 2.05) is 0 Å². The molecular weight excluding hydrogens is 256 g/mol. The average molecular weight is 274 g/mol. The Bertz CT molecular complexity index is 459. The van der Waals surface area contributed by atoms with Gasteiger partial charge in [-0.1, -0.05) is 11.6 Å². The highest BCUT2D eigenvalue weighted by Gasteiger charge is 2.20. The van der Waals surface area contributed by atoms with E-state index in [9.17, 15) is 13.2 Å². The number of carbonyl (C=O) groups excluding carboxylic acids is 1. The molecule has 0 fully saturated rings. The maximum atomic E-state index is 11.9. The molecule has 0 N–H and O–H groups in total. The van der Waals surface area contributed by atoms with Crippen LogP contribution in [0.4, 0.5) is 0 Å². The summed E-state index contributed by atoms with van der Waals surface area (Å²) in [6, 6.07) is 0. The number of rotatable bonds is 6. The fourth-order valence-corrected chi connectivity index (χ4v) is 2.99. The predicted molar refractivity (Wildman–Crippen MR) is 67.7 cm³/mol. The molecule has 0 spiro atoms. The minimum atomic E-state index is -3.23. The van der Waals surface area contributed by atoms with Gasteiger partial charge >= 0.3 is 5.97 Å². The minimum absolute atomic E-state index is 0.00446. The first-order valence-corrected chi connectivity index (χ1v) is 7.32. The number of methoxy groups -OCH3 is 2. The zero-order chi connectivity index (χ0) is 13.6. The Morgan fingerprint density at radius 1 is 1.28 bits per heavy atom. The standard InChI is InChI=1S/C12H18O5S/c1-16-7-8-18(14,15)11-5-3-10(4-6-11)9-12(13)17-2/h3,5H,4,6-9H2,1-2H3. The van der Waals surface area contributed by atoms with Crippen molar-refractivity contribution in [1.29, 1.82) is 0 Å². The van der Waals surface area contributed by atoms with Crippen molar-refractivity contribution in [2.24, 2.45) is 0 Å². The normalized spacial score (nSPS) is 15.9. The molecule has 0 heterocycles. The highest BCUT2D eigenvalue weighted by molar-refractivity contribution is 7.95. The quantitative estimate of drug-likeness (QED) is 0.681. The SMILES string of the molecule is COCCS(=O)(=O)C1=CC=C(CC(=O)OC)CC1. The fourth-order valence-electron chi connectivity index (χ4n) is 1.65. The molecule has 0 aliphatic heterocycles.